The molecule has 4 heteroatoms. The maximum Gasteiger partial charge on any atom is 0.119 e. The van der Waals surface area contributed by atoms with Crippen molar-refractivity contribution in [3.63, 3.8) is 0 Å². The lowest BCUT2D eigenvalue weighted by atomic mass is 10.1. The summed E-state index contributed by atoms with van der Waals surface area (Å²) in [6, 6.07) is 10.2. The van der Waals surface area contributed by atoms with Crippen LogP contribution in [0.15, 0.2) is 47.2 Å². The summed E-state index contributed by atoms with van der Waals surface area (Å²) in [6.45, 7) is 1.76. The first-order chi connectivity index (χ1) is 9.28. The Hall–Kier alpha value is -1.39. The molecule has 0 aliphatic heterocycles. The molecule has 0 saturated carbocycles. The average Bonchev–Trinajstić information content (AvgIpc) is 2.44. The molecule has 0 unspecified atom stereocenters. The van der Waals surface area contributed by atoms with Gasteiger partial charge < -0.3 is 10.1 Å². The second kappa shape index (κ2) is 7.26. The van der Waals surface area contributed by atoms with Gasteiger partial charge in [0.1, 0.15) is 5.75 Å². The highest BCUT2D eigenvalue weighted by atomic mass is 79.9. The van der Waals surface area contributed by atoms with Crippen molar-refractivity contribution in [1.82, 2.24) is 10.3 Å². The van der Waals surface area contributed by atoms with E-state index in [1.165, 1.54) is 11.1 Å². The minimum Gasteiger partial charge on any atom is -0.497 e. The molecule has 0 radical (unpaired) electrons. The number of ether oxygens (including phenoxy) is 1. The lowest BCUT2D eigenvalue weighted by molar-refractivity contribution is 0.414. The quantitative estimate of drug-likeness (QED) is 0.830. The van der Waals surface area contributed by atoms with Crippen LogP contribution in [-0.4, -0.2) is 18.6 Å². The summed E-state index contributed by atoms with van der Waals surface area (Å²) >= 11 is 3.42. The number of halogens is 1. The van der Waals surface area contributed by atoms with Crippen LogP contribution in [0.25, 0.3) is 0 Å². The maximum atomic E-state index is 5.21. The second-order valence-electron chi connectivity index (χ2n) is 4.29. The first-order valence-electron chi connectivity index (χ1n) is 6.21. The molecule has 0 bridgehead atoms. The number of nitrogens with zero attached hydrogens (tertiary/aromatic N) is 1. The van der Waals surface area contributed by atoms with E-state index in [2.05, 4.69) is 44.4 Å². The standard InChI is InChI=1S/C15H17BrN2O/c1-19-15-4-2-3-12(8-15)5-6-17-9-13-7-14(16)11-18-10-13/h2-4,7-8,10-11,17H,5-6,9H2,1H3. The smallest absolute Gasteiger partial charge is 0.119 e. The maximum absolute atomic E-state index is 5.21. The van der Waals surface area contributed by atoms with Gasteiger partial charge in [0.2, 0.25) is 0 Å². The Morgan fingerprint density at radius 2 is 2.11 bits per heavy atom. The highest BCUT2D eigenvalue weighted by molar-refractivity contribution is 9.10. The number of hydrogen-bond acceptors (Lipinski definition) is 3. The Morgan fingerprint density at radius 3 is 2.89 bits per heavy atom. The van der Waals surface area contributed by atoms with Gasteiger partial charge in [-0.2, -0.15) is 0 Å². The van der Waals surface area contributed by atoms with Crippen LogP contribution in [0.5, 0.6) is 5.75 Å². The minimum atomic E-state index is 0.830. The molecule has 1 N–H and O–H groups in total. The van der Waals surface area contributed by atoms with Crippen LogP contribution in [0.4, 0.5) is 0 Å². The van der Waals surface area contributed by atoms with Crippen LogP contribution in [0.3, 0.4) is 0 Å². The summed E-state index contributed by atoms with van der Waals surface area (Å²) in [6.07, 6.45) is 4.65. The molecule has 100 valence electrons. The molecule has 0 aliphatic rings. The Morgan fingerprint density at radius 1 is 1.21 bits per heavy atom. The minimum absolute atomic E-state index is 0.830. The topological polar surface area (TPSA) is 34.1 Å². The fourth-order valence-corrected chi connectivity index (χ4v) is 2.26. The van der Waals surface area contributed by atoms with Gasteiger partial charge in [0.05, 0.1) is 7.11 Å². The van der Waals surface area contributed by atoms with E-state index in [-0.39, 0.29) is 0 Å². The van der Waals surface area contributed by atoms with Crippen molar-refractivity contribution in [1.29, 1.82) is 0 Å². The van der Waals surface area contributed by atoms with Crippen molar-refractivity contribution in [2.45, 2.75) is 13.0 Å². The molecule has 19 heavy (non-hydrogen) atoms. The number of hydrogen-bond donors (Lipinski definition) is 1. The third kappa shape index (κ3) is 4.65. The van der Waals surface area contributed by atoms with Gasteiger partial charge >= 0.3 is 0 Å². The van der Waals surface area contributed by atoms with E-state index in [1.807, 2.05) is 18.3 Å². The summed E-state index contributed by atoms with van der Waals surface area (Å²) in [5.41, 5.74) is 2.46. The van der Waals surface area contributed by atoms with Crippen molar-refractivity contribution in [2.24, 2.45) is 0 Å². The second-order valence-corrected chi connectivity index (χ2v) is 5.21. The summed E-state index contributed by atoms with van der Waals surface area (Å²) in [4.78, 5) is 4.14. The van der Waals surface area contributed by atoms with Gasteiger partial charge in [-0.1, -0.05) is 12.1 Å². The average molecular weight is 321 g/mol. The van der Waals surface area contributed by atoms with Gasteiger partial charge in [-0.25, -0.2) is 0 Å². The monoisotopic (exact) mass is 320 g/mol. The van der Waals surface area contributed by atoms with Crippen LogP contribution in [0, 0.1) is 0 Å². The Labute approximate surface area is 122 Å². The lowest BCUT2D eigenvalue weighted by Gasteiger charge is -2.06. The molecule has 0 amide bonds. The van der Waals surface area contributed by atoms with Crippen LogP contribution >= 0.6 is 15.9 Å². The molecule has 0 fully saturated rings. The summed E-state index contributed by atoms with van der Waals surface area (Å²) in [5, 5.41) is 3.41. The van der Waals surface area contributed by atoms with E-state index in [0.29, 0.717) is 0 Å². The third-order valence-corrected chi connectivity index (χ3v) is 3.25. The summed E-state index contributed by atoms with van der Waals surface area (Å²) in [5.74, 6) is 0.911. The van der Waals surface area contributed by atoms with Crippen molar-refractivity contribution in [3.05, 3.63) is 58.3 Å². The van der Waals surface area contributed by atoms with E-state index < -0.39 is 0 Å². The Kier molecular flexibility index (Phi) is 5.36. The molecule has 1 aromatic carbocycles. The van der Waals surface area contributed by atoms with E-state index in [1.54, 1.807) is 13.3 Å². The molecule has 3 nitrogen and oxygen atoms in total. The lowest BCUT2D eigenvalue weighted by Crippen LogP contribution is -2.16. The van der Waals surface area contributed by atoms with E-state index in [9.17, 15) is 0 Å². The molecule has 2 rings (SSSR count). The molecule has 1 aromatic heterocycles. The molecule has 0 aliphatic carbocycles. The Balaban J connectivity index is 1.77. The predicted molar refractivity (Wildman–Crippen MR) is 80.3 cm³/mol. The fraction of sp³-hybridized carbons (Fsp3) is 0.267. The fourth-order valence-electron chi connectivity index (χ4n) is 1.85. The van der Waals surface area contributed by atoms with Crippen LogP contribution in [0.1, 0.15) is 11.1 Å². The molecule has 2 aromatic rings. The zero-order chi connectivity index (χ0) is 13.5. The van der Waals surface area contributed by atoms with Gasteiger partial charge in [0.15, 0.2) is 0 Å². The summed E-state index contributed by atoms with van der Waals surface area (Å²) < 4.78 is 6.22. The first kappa shape index (κ1) is 14.0. The van der Waals surface area contributed by atoms with Gasteiger partial charge in [0.25, 0.3) is 0 Å². The molecule has 0 atom stereocenters. The van der Waals surface area contributed by atoms with Crippen LogP contribution in [0.2, 0.25) is 0 Å². The number of pyridine rings is 1. The normalized spacial score (nSPS) is 10.4. The van der Waals surface area contributed by atoms with Crippen molar-refractivity contribution in [3.8, 4) is 5.75 Å². The van der Waals surface area contributed by atoms with Crippen LogP contribution in [-0.2, 0) is 13.0 Å². The van der Waals surface area contributed by atoms with E-state index >= 15 is 0 Å². The number of aromatic nitrogens is 1. The van der Waals surface area contributed by atoms with E-state index in [0.717, 1.165) is 29.7 Å². The Bertz CT molecular complexity index is 531. The van der Waals surface area contributed by atoms with Crippen molar-refractivity contribution in [2.75, 3.05) is 13.7 Å². The predicted octanol–water partition coefficient (Wildman–Crippen LogP) is 3.19. The molecule has 0 saturated heterocycles. The molecular weight excluding hydrogens is 304 g/mol. The van der Waals surface area contributed by atoms with Crippen molar-refractivity contribution >= 4 is 15.9 Å². The molecule has 0 spiro atoms. The van der Waals surface area contributed by atoms with Crippen LogP contribution < -0.4 is 10.1 Å². The third-order valence-electron chi connectivity index (χ3n) is 2.82. The summed E-state index contributed by atoms with van der Waals surface area (Å²) in [7, 11) is 1.69. The first-order valence-corrected chi connectivity index (χ1v) is 7.00. The van der Waals surface area contributed by atoms with Gasteiger partial charge in [-0.3, -0.25) is 4.98 Å². The SMILES string of the molecule is COc1cccc(CCNCc2cncc(Br)c2)c1. The number of nitrogens with one attached hydrogen (secondary N) is 1. The number of methoxy groups -OCH3 is 1. The van der Waals surface area contributed by atoms with Gasteiger partial charge in [-0.05, 0) is 58.2 Å². The molecule has 1 heterocycles. The highest BCUT2D eigenvalue weighted by Gasteiger charge is 1.97. The van der Waals surface area contributed by atoms with Gasteiger partial charge in [0, 0.05) is 23.4 Å². The molecular formula is C15H17BrN2O. The largest absolute Gasteiger partial charge is 0.497 e. The van der Waals surface area contributed by atoms with Gasteiger partial charge in [-0.15, -0.1) is 0 Å². The zero-order valence-electron chi connectivity index (χ0n) is 10.9. The zero-order valence-corrected chi connectivity index (χ0v) is 12.5. The number of benzene rings is 1. The number of rotatable bonds is 6. The highest BCUT2D eigenvalue weighted by Crippen LogP contribution is 2.13. The van der Waals surface area contributed by atoms with E-state index in [4.69, 9.17) is 4.74 Å². The van der Waals surface area contributed by atoms with Crippen molar-refractivity contribution < 1.29 is 4.74 Å².